The fourth-order valence-electron chi connectivity index (χ4n) is 1.70. The van der Waals surface area contributed by atoms with Gasteiger partial charge in [-0.25, -0.2) is 0 Å². The third-order valence-corrected chi connectivity index (χ3v) is 3.55. The van der Waals surface area contributed by atoms with Crippen molar-refractivity contribution in [3.05, 3.63) is 3.95 Å². The number of hydrogen-bond acceptors (Lipinski definition) is 5. The number of hydrogen-bond donors (Lipinski definition) is 2. The zero-order valence-electron chi connectivity index (χ0n) is 8.00. The molecule has 1 aliphatic carbocycles. The summed E-state index contributed by atoms with van der Waals surface area (Å²) in [6.45, 7) is 0.735. The summed E-state index contributed by atoms with van der Waals surface area (Å²) >= 11 is 6.44. The lowest BCUT2D eigenvalue weighted by molar-refractivity contribution is 0.0983. The predicted molar refractivity (Wildman–Crippen MR) is 59.4 cm³/mol. The van der Waals surface area contributed by atoms with Gasteiger partial charge in [0, 0.05) is 7.11 Å². The Morgan fingerprint density at radius 1 is 1.71 bits per heavy atom. The van der Waals surface area contributed by atoms with Crippen molar-refractivity contribution in [1.29, 1.82) is 0 Å². The minimum atomic E-state index is 0.0994. The Kier molecular flexibility index (Phi) is 2.85. The lowest BCUT2D eigenvalue weighted by Gasteiger charge is -2.41. The number of nitrogens with one attached hydrogen (secondary N) is 2. The molecule has 0 radical (unpaired) electrons. The van der Waals surface area contributed by atoms with Gasteiger partial charge in [-0.2, -0.15) is 0 Å². The molecule has 1 aromatic heterocycles. The summed E-state index contributed by atoms with van der Waals surface area (Å²) in [6, 6.07) is 0. The molecule has 14 heavy (non-hydrogen) atoms. The summed E-state index contributed by atoms with van der Waals surface area (Å²) in [4.78, 5) is 0. The van der Waals surface area contributed by atoms with Gasteiger partial charge in [0.1, 0.15) is 0 Å². The molecule has 0 amide bonds. The van der Waals surface area contributed by atoms with E-state index in [1.807, 2.05) is 0 Å². The second-order valence-electron chi connectivity index (χ2n) is 3.61. The molecular weight excluding hydrogens is 218 g/mol. The second kappa shape index (κ2) is 3.96. The molecule has 78 valence electrons. The van der Waals surface area contributed by atoms with Gasteiger partial charge in [0.25, 0.3) is 0 Å². The SMILES string of the molecule is COCC1(Nc2n[nH]c(=S)s2)CCC1. The average Bonchev–Trinajstić information content (AvgIpc) is 2.48. The zero-order chi connectivity index (χ0) is 10.0. The first-order chi connectivity index (χ1) is 6.74. The summed E-state index contributed by atoms with van der Waals surface area (Å²) in [6.07, 6.45) is 3.55. The molecule has 1 heterocycles. The van der Waals surface area contributed by atoms with Crippen LogP contribution < -0.4 is 5.32 Å². The van der Waals surface area contributed by atoms with Crippen LogP contribution in [0.2, 0.25) is 0 Å². The van der Waals surface area contributed by atoms with Crippen molar-refractivity contribution in [2.24, 2.45) is 0 Å². The van der Waals surface area contributed by atoms with Crippen LogP contribution in [0, 0.1) is 3.95 Å². The van der Waals surface area contributed by atoms with Crippen LogP contribution >= 0.6 is 23.6 Å². The molecule has 0 unspecified atom stereocenters. The monoisotopic (exact) mass is 231 g/mol. The fourth-order valence-corrected chi connectivity index (χ4v) is 2.60. The molecule has 1 aliphatic rings. The quantitative estimate of drug-likeness (QED) is 0.780. The average molecular weight is 231 g/mol. The van der Waals surface area contributed by atoms with Gasteiger partial charge < -0.3 is 10.1 Å². The highest BCUT2D eigenvalue weighted by Crippen LogP contribution is 2.35. The highest BCUT2D eigenvalue weighted by Gasteiger charge is 2.37. The van der Waals surface area contributed by atoms with Crippen LogP contribution in [0.15, 0.2) is 0 Å². The summed E-state index contributed by atoms with van der Waals surface area (Å²) in [7, 11) is 1.73. The van der Waals surface area contributed by atoms with Gasteiger partial charge in [-0.15, -0.1) is 5.10 Å². The lowest BCUT2D eigenvalue weighted by Crippen LogP contribution is -2.48. The first kappa shape index (κ1) is 10.1. The van der Waals surface area contributed by atoms with Gasteiger partial charge >= 0.3 is 0 Å². The van der Waals surface area contributed by atoms with E-state index >= 15 is 0 Å². The normalized spacial score (nSPS) is 18.9. The smallest absolute Gasteiger partial charge is 0.204 e. The highest BCUT2D eigenvalue weighted by molar-refractivity contribution is 7.73. The molecule has 0 spiro atoms. The van der Waals surface area contributed by atoms with E-state index < -0.39 is 0 Å². The molecule has 0 saturated heterocycles. The van der Waals surface area contributed by atoms with E-state index in [1.165, 1.54) is 17.8 Å². The van der Waals surface area contributed by atoms with E-state index in [9.17, 15) is 0 Å². The van der Waals surface area contributed by atoms with Crippen LogP contribution in [0.25, 0.3) is 0 Å². The Morgan fingerprint density at radius 2 is 2.50 bits per heavy atom. The van der Waals surface area contributed by atoms with Gasteiger partial charge in [0.2, 0.25) is 5.13 Å². The Bertz CT molecular complexity index is 355. The fraction of sp³-hybridized carbons (Fsp3) is 0.750. The maximum atomic E-state index is 5.21. The van der Waals surface area contributed by atoms with Crippen molar-refractivity contribution in [3.63, 3.8) is 0 Å². The number of anilines is 1. The van der Waals surface area contributed by atoms with Crippen molar-refractivity contribution in [2.75, 3.05) is 19.0 Å². The molecule has 1 fully saturated rings. The van der Waals surface area contributed by atoms with Crippen LogP contribution in [0.4, 0.5) is 5.13 Å². The highest BCUT2D eigenvalue weighted by atomic mass is 32.1. The maximum absolute atomic E-state index is 5.21. The second-order valence-corrected chi connectivity index (χ2v) is 5.28. The summed E-state index contributed by atoms with van der Waals surface area (Å²) in [5, 5.41) is 11.1. The molecular formula is C8H13N3OS2. The molecule has 2 rings (SSSR count). The number of rotatable bonds is 4. The molecule has 0 bridgehead atoms. The lowest BCUT2D eigenvalue weighted by atomic mass is 9.77. The summed E-state index contributed by atoms with van der Waals surface area (Å²) < 4.78 is 5.91. The first-order valence-electron chi connectivity index (χ1n) is 4.57. The van der Waals surface area contributed by atoms with Gasteiger partial charge in [0.15, 0.2) is 3.95 Å². The van der Waals surface area contributed by atoms with Crippen molar-refractivity contribution < 1.29 is 4.74 Å². The maximum Gasteiger partial charge on any atom is 0.204 e. The third-order valence-electron chi connectivity index (χ3n) is 2.54. The Hall–Kier alpha value is -0.460. The van der Waals surface area contributed by atoms with Crippen LogP contribution in [0.5, 0.6) is 0 Å². The minimum absolute atomic E-state index is 0.0994. The van der Waals surface area contributed by atoms with Crippen molar-refractivity contribution in [1.82, 2.24) is 10.2 Å². The van der Waals surface area contributed by atoms with E-state index in [-0.39, 0.29) is 5.54 Å². The molecule has 1 saturated carbocycles. The van der Waals surface area contributed by atoms with Crippen LogP contribution in [0.3, 0.4) is 0 Å². The number of H-pyrrole nitrogens is 1. The number of methoxy groups -OCH3 is 1. The van der Waals surface area contributed by atoms with Crippen LogP contribution in [-0.2, 0) is 4.74 Å². The van der Waals surface area contributed by atoms with Crippen molar-refractivity contribution >= 4 is 28.7 Å². The molecule has 4 nitrogen and oxygen atoms in total. The van der Waals surface area contributed by atoms with Crippen LogP contribution in [0.1, 0.15) is 19.3 Å². The number of aromatic amines is 1. The molecule has 0 atom stereocenters. The zero-order valence-corrected chi connectivity index (χ0v) is 9.63. The predicted octanol–water partition coefficient (Wildman–Crippen LogP) is 2.18. The van der Waals surface area contributed by atoms with Gasteiger partial charge in [-0.05, 0) is 31.5 Å². The minimum Gasteiger partial charge on any atom is -0.382 e. The first-order valence-corrected chi connectivity index (χ1v) is 5.79. The van der Waals surface area contributed by atoms with Gasteiger partial charge in [-0.1, -0.05) is 11.3 Å². The standard InChI is InChI=1S/C8H13N3OS2/c1-12-5-8(3-2-4-8)9-6-10-11-7(13)14-6/h2-5H2,1H3,(H,9,10)(H,11,13). The summed E-state index contributed by atoms with van der Waals surface area (Å²) in [5.74, 6) is 0. The van der Waals surface area contributed by atoms with Gasteiger partial charge in [0.05, 0.1) is 12.1 Å². The molecule has 6 heteroatoms. The third kappa shape index (κ3) is 1.97. The van der Waals surface area contributed by atoms with E-state index in [0.717, 1.165) is 24.6 Å². The molecule has 0 aliphatic heterocycles. The van der Waals surface area contributed by atoms with Crippen LogP contribution in [-0.4, -0.2) is 29.5 Å². The Labute approximate surface area is 91.7 Å². The molecule has 1 aromatic rings. The number of nitrogens with zero attached hydrogens (tertiary/aromatic N) is 1. The van der Waals surface area contributed by atoms with E-state index in [2.05, 4.69) is 15.5 Å². The van der Waals surface area contributed by atoms with Gasteiger partial charge in [-0.3, -0.25) is 5.10 Å². The van der Waals surface area contributed by atoms with E-state index in [1.54, 1.807) is 7.11 Å². The Morgan fingerprint density at radius 3 is 2.93 bits per heavy atom. The molecule has 2 N–H and O–H groups in total. The number of aromatic nitrogens is 2. The largest absolute Gasteiger partial charge is 0.382 e. The topological polar surface area (TPSA) is 49.9 Å². The Balaban J connectivity index is 2.04. The molecule has 0 aromatic carbocycles. The summed E-state index contributed by atoms with van der Waals surface area (Å²) in [5.41, 5.74) is 0.0994. The number of ether oxygens (including phenoxy) is 1. The van der Waals surface area contributed by atoms with Crippen molar-refractivity contribution in [2.45, 2.75) is 24.8 Å². The van der Waals surface area contributed by atoms with E-state index in [0.29, 0.717) is 3.95 Å². The van der Waals surface area contributed by atoms with E-state index in [4.69, 9.17) is 17.0 Å². The van der Waals surface area contributed by atoms with Crippen molar-refractivity contribution in [3.8, 4) is 0 Å².